The number of aromatic amines is 1. The molecule has 92 valence electrons. The number of nitrogens with zero attached hydrogens (tertiary/aromatic N) is 1. The maximum absolute atomic E-state index is 11.8. The Bertz CT molecular complexity index is 590. The number of hydrogen-bond donors (Lipinski definition) is 2. The molecule has 0 aliphatic heterocycles. The van der Waals surface area contributed by atoms with Gasteiger partial charge in [-0.2, -0.15) is 5.10 Å². The van der Waals surface area contributed by atoms with Crippen LogP contribution >= 0.6 is 11.6 Å². The quantitative estimate of drug-likeness (QED) is 0.836. The normalized spacial score (nSPS) is 10.1. The zero-order valence-electron chi connectivity index (χ0n) is 9.53. The van der Waals surface area contributed by atoms with Crippen molar-refractivity contribution in [1.82, 2.24) is 10.2 Å². The van der Waals surface area contributed by atoms with Crippen molar-refractivity contribution in [2.75, 3.05) is 5.32 Å². The molecule has 5 nitrogen and oxygen atoms in total. The van der Waals surface area contributed by atoms with Crippen LogP contribution in [0.1, 0.15) is 27.8 Å². The summed E-state index contributed by atoms with van der Waals surface area (Å²) in [7, 11) is 0. The van der Waals surface area contributed by atoms with Gasteiger partial charge in [0.25, 0.3) is 5.91 Å². The van der Waals surface area contributed by atoms with Gasteiger partial charge in [0.15, 0.2) is 5.78 Å². The molecule has 1 aromatic heterocycles. The first kappa shape index (κ1) is 12.3. The Morgan fingerprint density at radius 1 is 1.28 bits per heavy atom. The fourth-order valence-electron chi connectivity index (χ4n) is 1.41. The van der Waals surface area contributed by atoms with Crippen molar-refractivity contribution in [3.8, 4) is 0 Å². The largest absolute Gasteiger partial charge is 0.321 e. The lowest BCUT2D eigenvalue weighted by molar-refractivity contribution is 0.101. The van der Waals surface area contributed by atoms with Gasteiger partial charge in [0.1, 0.15) is 5.69 Å². The van der Waals surface area contributed by atoms with Crippen LogP contribution in [0.4, 0.5) is 5.69 Å². The van der Waals surface area contributed by atoms with Gasteiger partial charge in [0.05, 0.1) is 11.2 Å². The predicted octanol–water partition coefficient (Wildman–Crippen LogP) is 2.52. The summed E-state index contributed by atoms with van der Waals surface area (Å²) in [5, 5.41) is 9.07. The molecule has 2 aromatic rings. The summed E-state index contributed by atoms with van der Waals surface area (Å²) < 4.78 is 0. The average Bonchev–Trinajstić information content (AvgIpc) is 2.76. The van der Waals surface area contributed by atoms with E-state index in [9.17, 15) is 9.59 Å². The molecule has 0 bridgehead atoms. The number of anilines is 1. The van der Waals surface area contributed by atoms with Crippen molar-refractivity contribution < 1.29 is 9.59 Å². The maximum Gasteiger partial charge on any atom is 0.275 e. The second-order valence-electron chi connectivity index (χ2n) is 3.68. The van der Waals surface area contributed by atoms with Gasteiger partial charge in [-0.3, -0.25) is 14.7 Å². The first-order valence-electron chi connectivity index (χ1n) is 5.19. The maximum atomic E-state index is 11.8. The minimum absolute atomic E-state index is 0.0236. The van der Waals surface area contributed by atoms with Crippen LogP contribution in [-0.4, -0.2) is 21.9 Å². The van der Waals surface area contributed by atoms with Crippen LogP contribution in [0.3, 0.4) is 0 Å². The molecule has 1 heterocycles. The van der Waals surface area contributed by atoms with Gasteiger partial charge in [-0.05, 0) is 31.2 Å². The Hall–Kier alpha value is -2.14. The van der Waals surface area contributed by atoms with E-state index in [4.69, 9.17) is 11.6 Å². The van der Waals surface area contributed by atoms with E-state index in [0.29, 0.717) is 11.3 Å². The molecule has 1 amide bonds. The van der Waals surface area contributed by atoms with E-state index in [2.05, 4.69) is 15.5 Å². The Balaban J connectivity index is 2.13. The molecular weight excluding hydrogens is 254 g/mol. The first-order chi connectivity index (χ1) is 8.58. The zero-order chi connectivity index (χ0) is 13.1. The third-order valence-corrected chi connectivity index (χ3v) is 2.66. The number of rotatable bonds is 3. The van der Waals surface area contributed by atoms with Gasteiger partial charge >= 0.3 is 0 Å². The van der Waals surface area contributed by atoms with Crippen molar-refractivity contribution in [3.63, 3.8) is 0 Å². The lowest BCUT2D eigenvalue weighted by atomic mass is 10.1. The summed E-state index contributed by atoms with van der Waals surface area (Å²) in [6.07, 6.45) is 1.36. The summed E-state index contributed by atoms with van der Waals surface area (Å²) in [5.41, 5.74) is 1.37. The average molecular weight is 264 g/mol. The van der Waals surface area contributed by atoms with Crippen LogP contribution in [0.2, 0.25) is 5.02 Å². The van der Waals surface area contributed by atoms with Crippen LogP contribution in [0.5, 0.6) is 0 Å². The van der Waals surface area contributed by atoms with Crippen LogP contribution in [0, 0.1) is 0 Å². The number of hydrogen-bond acceptors (Lipinski definition) is 3. The topological polar surface area (TPSA) is 74.8 Å². The van der Waals surface area contributed by atoms with Crippen LogP contribution in [-0.2, 0) is 0 Å². The lowest BCUT2D eigenvalue weighted by Gasteiger charge is -2.04. The highest BCUT2D eigenvalue weighted by Gasteiger charge is 2.12. The third kappa shape index (κ3) is 2.57. The van der Waals surface area contributed by atoms with Gasteiger partial charge in [-0.15, -0.1) is 0 Å². The van der Waals surface area contributed by atoms with E-state index in [-0.39, 0.29) is 22.4 Å². The molecule has 0 fully saturated rings. The minimum atomic E-state index is -0.381. The van der Waals surface area contributed by atoms with Gasteiger partial charge in [0.2, 0.25) is 0 Å². The number of Topliss-reactive ketones (excluding diaryl/α,β-unsaturated/α-hetero) is 1. The first-order valence-corrected chi connectivity index (χ1v) is 5.57. The third-order valence-electron chi connectivity index (χ3n) is 2.37. The van der Waals surface area contributed by atoms with Crippen molar-refractivity contribution in [2.24, 2.45) is 0 Å². The number of nitrogens with one attached hydrogen (secondary N) is 2. The van der Waals surface area contributed by atoms with Gasteiger partial charge < -0.3 is 5.32 Å². The molecule has 0 saturated heterocycles. The number of carbonyl (C=O) groups is 2. The summed E-state index contributed by atoms with van der Waals surface area (Å²) in [4.78, 5) is 22.9. The second kappa shape index (κ2) is 5.01. The van der Waals surface area contributed by atoms with Crippen molar-refractivity contribution >= 4 is 29.0 Å². The van der Waals surface area contributed by atoms with Crippen LogP contribution < -0.4 is 5.32 Å². The molecule has 2 rings (SSSR count). The van der Waals surface area contributed by atoms with E-state index >= 15 is 0 Å². The Kier molecular flexibility index (Phi) is 3.43. The monoisotopic (exact) mass is 263 g/mol. The fraction of sp³-hybridized carbons (Fsp3) is 0.0833. The molecular formula is C12H10ClN3O2. The van der Waals surface area contributed by atoms with Crippen molar-refractivity contribution in [3.05, 3.63) is 46.7 Å². The number of amides is 1. The van der Waals surface area contributed by atoms with Gasteiger partial charge in [-0.1, -0.05) is 11.6 Å². The number of ketones is 1. The number of benzene rings is 1. The molecule has 0 radical (unpaired) electrons. The number of carbonyl (C=O) groups excluding carboxylic acids is 2. The zero-order valence-corrected chi connectivity index (χ0v) is 10.3. The molecule has 2 N–H and O–H groups in total. The molecule has 6 heteroatoms. The van der Waals surface area contributed by atoms with Crippen molar-refractivity contribution in [2.45, 2.75) is 6.92 Å². The molecule has 0 aliphatic carbocycles. The number of halogens is 1. The summed E-state index contributed by atoms with van der Waals surface area (Å²) >= 11 is 5.77. The second-order valence-corrected chi connectivity index (χ2v) is 4.09. The van der Waals surface area contributed by atoms with Crippen LogP contribution in [0.25, 0.3) is 0 Å². The smallest absolute Gasteiger partial charge is 0.275 e. The Labute approximate surface area is 108 Å². The van der Waals surface area contributed by atoms with E-state index in [0.717, 1.165) is 0 Å². The standard InChI is InChI=1S/C12H10ClN3O2/c1-7(17)8-2-4-9(5-3-8)15-12(18)11-10(13)6-14-16-11/h2-6H,1H3,(H,14,16)(H,15,18). The highest BCUT2D eigenvalue weighted by atomic mass is 35.5. The highest BCUT2D eigenvalue weighted by Crippen LogP contribution is 2.15. The molecule has 0 spiro atoms. The minimum Gasteiger partial charge on any atom is -0.321 e. The summed E-state index contributed by atoms with van der Waals surface area (Å²) in [6.45, 7) is 1.48. The van der Waals surface area contributed by atoms with Gasteiger partial charge in [0, 0.05) is 11.3 Å². The van der Waals surface area contributed by atoms with E-state index in [1.165, 1.54) is 13.1 Å². The SMILES string of the molecule is CC(=O)c1ccc(NC(=O)c2[nH]ncc2Cl)cc1. The summed E-state index contributed by atoms with van der Waals surface area (Å²) in [6, 6.07) is 6.59. The predicted molar refractivity (Wildman–Crippen MR) is 68.0 cm³/mol. The Morgan fingerprint density at radius 2 is 1.94 bits per heavy atom. The Morgan fingerprint density at radius 3 is 2.44 bits per heavy atom. The summed E-state index contributed by atoms with van der Waals surface area (Å²) in [5.74, 6) is -0.405. The molecule has 1 aromatic carbocycles. The van der Waals surface area contributed by atoms with E-state index < -0.39 is 0 Å². The molecule has 0 atom stereocenters. The molecule has 0 unspecified atom stereocenters. The molecule has 0 aliphatic rings. The lowest BCUT2D eigenvalue weighted by Crippen LogP contribution is -2.13. The highest BCUT2D eigenvalue weighted by molar-refractivity contribution is 6.34. The van der Waals surface area contributed by atoms with E-state index in [1.54, 1.807) is 24.3 Å². The van der Waals surface area contributed by atoms with Crippen molar-refractivity contribution in [1.29, 1.82) is 0 Å². The van der Waals surface area contributed by atoms with E-state index in [1.807, 2.05) is 0 Å². The number of aromatic nitrogens is 2. The molecule has 0 saturated carbocycles. The van der Waals surface area contributed by atoms with Crippen LogP contribution in [0.15, 0.2) is 30.5 Å². The number of H-pyrrole nitrogens is 1. The molecule has 18 heavy (non-hydrogen) atoms. The fourth-order valence-corrected chi connectivity index (χ4v) is 1.59. The van der Waals surface area contributed by atoms with Gasteiger partial charge in [-0.25, -0.2) is 0 Å².